The fourth-order valence-corrected chi connectivity index (χ4v) is 5.50. The summed E-state index contributed by atoms with van der Waals surface area (Å²) in [6, 6.07) is 64.1. The Hall–Kier alpha value is -5.72. The van der Waals surface area contributed by atoms with Gasteiger partial charge in [-0.25, -0.2) is 0 Å². The third-order valence-electron chi connectivity index (χ3n) is 7.73. The summed E-state index contributed by atoms with van der Waals surface area (Å²) in [6.45, 7) is 4.39. The largest absolute Gasteiger partial charge is 0.0912 e. The molecule has 0 bridgehead atoms. The van der Waals surface area contributed by atoms with Gasteiger partial charge in [-0.2, -0.15) is 0 Å². The molecular weight excluding hydrogens is 528 g/mol. The highest BCUT2D eigenvalue weighted by Gasteiger charge is 2.08. The predicted molar refractivity (Wildman–Crippen MR) is 192 cm³/mol. The molecule has 0 nitrogen and oxygen atoms in total. The van der Waals surface area contributed by atoms with E-state index in [1.165, 1.54) is 32.7 Å². The Bertz CT molecular complexity index is 2070. The first-order valence-electron chi connectivity index (χ1n) is 15.0. The third kappa shape index (κ3) is 6.67. The van der Waals surface area contributed by atoms with Crippen LogP contribution in [0.25, 0.3) is 55.4 Å². The monoisotopic (exact) mass is 562 g/mol. The summed E-state index contributed by atoms with van der Waals surface area (Å²) in [5, 5.41) is 4.84. The molecule has 0 unspecified atom stereocenters. The fourth-order valence-electron chi connectivity index (χ4n) is 5.50. The zero-order chi connectivity index (χ0) is 30.0. The lowest BCUT2D eigenvalue weighted by Crippen LogP contribution is -1.84. The van der Waals surface area contributed by atoms with Crippen molar-refractivity contribution in [1.82, 2.24) is 0 Å². The maximum atomic E-state index is 4.39. The molecule has 0 amide bonds. The second-order valence-corrected chi connectivity index (χ2v) is 10.6. The quantitative estimate of drug-likeness (QED) is 0.183. The Kier molecular flexibility index (Phi) is 9.01. The maximum Gasteiger partial charge on any atom is -0.00990 e. The summed E-state index contributed by atoms with van der Waals surface area (Å²) in [7, 11) is 0. The molecule has 0 saturated heterocycles. The van der Waals surface area contributed by atoms with Gasteiger partial charge in [0.2, 0.25) is 0 Å². The molecule has 6 aromatic carbocycles. The van der Waals surface area contributed by atoms with E-state index in [1.807, 2.05) is 18.2 Å². The van der Waals surface area contributed by atoms with Gasteiger partial charge in [-0.1, -0.05) is 201 Å². The summed E-state index contributed by atoms with van der Waals surface area (Å²) in [5.74, 6) is 0. The van der Waals surface area contributed by atoms with Gasteiger partial charge in [-0.15, -0.1) is 0 Å². The van der Waals surface area contributed by atoms with Crippen molar-refractivity contribution in [2.24, 2.45) is 0 Å². The average molecular weight is 563 g/mol. The molecule has 0 aliphatic rings. The van der Waals surface area contributed by atoms with Gasteiger partial charge in [-0.05, 0) is 60.5 Å². The minimum absolute atomic E-state index is 0.949. The number of benzene rings is 4. The summed E-state index contributed by atoms with van der Waals surface area (Å²) in [6.07, 6.45) is 4.19. The summed E-state index contributed by atoms with van der Waals surface area (Å²) >= 11 is 0. The van der Waals surface area contributed by atoms with Crippen LogP contribution < -0.4 is 0 Å². The van der Waals surface area contributed by atoms with Crippen LogP contribution in [0.4, 0.5) is 0 Å². The van der Waals surface area contributed by atoms with Gasteiger partial charge in [0, 0.05) is 0 Å². The van der Waals surface area contributed by atoms with Crippen molar-refractivity contribution < 1.29 is 0 Å². The van der Waals surface area contributed by atoms with E-state index in [0.29, 0.717) is 0 Å². The van der Waals surface area contributed by atoms with Crippen molar-refractivity contribution in [3.8, 4) is 22.3 Å². The Morgan fingerprint density at radius 3 is 1.66 bits per heavy atom. The molecular formula is C44H34. The van der Waals surface area contributed by atoms with E-state index in [9.17, 15) is 0 Å². The molecule has 0 atom stereocenters. The first-order valence-corrected chi connectivity index (χ1v) is 15.0. The zero-order valence-electron chi connectivity index (χ0n) is 24.7. The average Bonchev–Trinajstić information content (AvgIpc) is 3.08. The molecule has 0 aromatic heterocycles. The van der Waals surface area contributed by atoms with Gasteiger partial charge < -0.3 is 0 Å². The lowest BCUT2D eigenvalue weighted by Gasteiger charge is -2.11. The van der Waals surface area contributed by atoms with Gasteiger partial charge in [0.05, 0.1) is 0 Å². The number of rotatable bonds is 5. The molecule has 0 aliphatic carbocycles. The first-order chi connectivity index (χ1) is 21.8. The highest BCUT2D eigenvalue weighted by Crippen LogP contribution is 2.35. The van der Waals surface area contributed by atoms with Gasteiger partial charge in [-0.3, -0.25) is 0 Å². The Balaban J connectivity index is 1.57. The number of hydrogen-bond acceptors (Lipinski definition) is 0. The van der Waals surface area contributed by atoms with E-state index >= 15 is 0 Å². The van der Waals surface area contributed by atoms with Crippen LogP contribution >= 0.6 is 0 Å². The summed E-state index contributed by atoms with van der Waals surface area (Å²) in [4.78, 5) is 0. The van der Waals surface area contributed by atoms with E-state index in [-0.39, 0.29) is 0 Å². The smallest absolute Gasteiger partial charge is 0.00990 e. The molecule has 6 rings (SSSR count). The van der Waals surface area contributed by atoms with E-state index in [1.54, 1.807) is 0 Å². The second-order valence-electron chi connectivity index (χ2n) is 10.6. The Morgan fingerprint density at radius 1 is 0.386 bits per heavy atom. The van der Waals surface area contributed by atoms with E-state index in [2.05, 4.69) is 183 Å². The van der Waals surface area contributed by atoms with Gasteiger partial charge in [0.25, 0.3) is 0 Å². The predicted octanol–water partition coefficient (Wildman–Crippen LogP) is 12.3. The number of allylic oxidation sites excluding steroid dienone is 2. The van der Waals surface area contributed by atoms with Crippen LogP contribution in [0.2, 0.25) is 0 Å². The molecule has 0 saturated carbocycles. The number of fused-ring (bicyclic) bond motifs is 2. The molecule has 0 N–H and O–H groups in total. The molecule has 0 heteroatoms. The van der Waals surface area contributed by atoms with Gasteiger partial charge >= 0.3 is 0 Å². The highest BCUT2D eigenvalue weighted by atomic mass is 14.1. The lowest BCUT2D eigenvalue weighted by molar-refractivity contribution is 1.63. The van der Waals surface area contributed by atoms with Crippen LogP contribution in [0.5, 0.6) is 0 Å². The van der Waals surface area contributed by atoms with Gasteiger partial charge in [0.15, 0.2) is 0 Å². The highest BCUT2D eigenvalue weighted by molar-refractivity contribution is 6.08. The molecule has 210 valence electrons. The van der Waals surface area contributed by atoms with Crippen LogP contribution in [0.15, 0.2) is 195 Å². The van der Waals surface area contributed by atoms with E-state index in [4.69, 9.17) is 0 Å². The van der Waals surface area contributed by atoms with Crippen LogP contribution in [0, 0.1) is 0 Å². The molecule has 0 fully saturated rings. The van der Waals surface area contributed by atoms with Crippen LogP contribution in [-0.2, 0) is 0 Å². The van der Waals surface area contributed by atoms with Crippen LogP contribution in [-0.4, -0.2) is 0 Å². The Labute approximate surface area is 260 Å². The topological polar surface area (TPSA) is 0 Å². The van der Waals surface area contributed by atoms with Crippen molar-refractivity contribution >= 4 is 33.2 Å². The molecule has 44 heavy (non-hydrogen) atoms. The first kappa shape index (κ1) is 28.4. The maximum absolute atomic E-state index is 4.39. The molecule has 0 heterocycles. The standard InChI is InChI=1S/C44H34/c1-34(30-31-35-18-7-6-8-19-35)36-20-9-2-3-10-21-38(33-32-36)40-24-11-4-5-12-26-43(44-28-16-15-27-41(40)44)42-29-17-23-37-22-13-14-25-39(37)42/h2-33H,1H2/b3-2?,5-4?,9-2?,10-3?,11-4?,12-5?,20-9?,21-10?,24-11?,26-12?,31-30-,33-32?,36-20?,36-32?,38-21?,38-33?,40-24?,41-40?,43-26?,44-43?. The van der Waals surface area contributed by atoms with Crippen molar-refractivity contribution in [3.05, 3.63) is 206 Å². The van der Waals surface area contributed by atoms with Crippen molar-refractivity contribution in [2.75, 3.05) is 0 Å². The third-order valence-corrected chi connectivity index (χ3v) is 7.73. The van der Waals surface area contributed by atoms with Crippen molar-refractivity contribution in [2.45, 2.75) is 0 Å². The summed E-state index contributed by atoms with van der Waals surface area (Å²) in [5.41, 5.74) is 7.82. The van der Waals surface area contributed by atoms with Crippen molar-refractivity contribution in [1.29, 1.82) is 0 Å². The SMILES string of the molecule is C=C(/C=C\c1ccccc1)c1ccccccc(-c2ccccccc(-c3cccc4ccccc34)c3ccccc23)cc1. The van der Waals surface area contributed by atoms with E-state index < -0.39 is 0 Å². The summed E-state index contributed by atoms with van der Waals surface area (Å²) < 4.78 is 0. The molecule has 6 aromatic rings. The number of hydrogen-bond donors (Lipinski definition) is 0. The second kappa shape index (κ2) is 14.0. The van der Waals surface area contributed by atoms with Crippen molar-refractivity contribution in [3.63, 3.8) is 0 Å². The molecule has 0 aliphatic heterocycles. The normalized spacial score (nSPS) is 10.7. The zero-order valence-corrected chi connectivity index (χ0v) is 24.7. The van der Waals surface area contributed by atoms with Crippen LogP contribution in [0.1, 0.15) is 11.1 Å². The minimum Gasteiger partial charge on any atom is -0.0912 e. The van der Waals surface area contributed by atoms with Crippen LogP contribution in [0.3, 0.4) is 0 Å². The van der Waals surface area contributed by atoms with Gasteiger partial charge in [0.1, 0.15) is 0 Å². The molecule has 0 radical (unpaired) electrons. The Morgan fingerprint density at radius 2 is 0.886 bits per heavy atom. The molecule has 0 spiro atoms. The van der Waals surface area contributed by atoms with E-state index in [0.717, 1.165) is 27.8 Å². The lowest BCUT2D eigenvalue weighted by atomic mass is 9.93. The minimum atomic E-state index is 0.949. The fraction of sp³-hybridized carbons (Fsp3) is 0.